The molecule has 0 aromatic rings. The van der Waals surface area contributed by atoms with Crippen LogP contribution >= 0.6 is 0 Å². The van der Waals surface area contributed by atoms with Crippen LogP contribution in [0.3, 0.4) is 0 Å². The molecule has 100 valence electrons. The van der Waals surface area contributed by atoms with Crippen molar-refractivity contribution in [2.45, 2.75) is 44.7 Å². The second-order valence-corrected chi connectivity index (χ2v) is 7.46. The number of rotatable bonds is 4. The van der Waals surface area contributed by atoms with E-state index in [0.717, 1.165) is 26.1 Å². The van der Waals surface area contributed by atoms with E-state index >= 15 is 0 Å². The summed E-state index contributed by atoms with van der Waals surface area (Å²) in [5.74, 6) is 0.693. The standard InChI is InChI=1S/C12H24N2O2S/c1-2-3-4-7-14-8-5-6-13-11-9-17(15,16)10-12(11)14/h11-13H,2-10H2,1H3. The van der Waals surface area contributed by atoms with E-state index in [1.165, 1.54) is 19.3 Å². The molecule has 0 saturated carbocycles. The first-order chi connectivity index (χ1) is 8.12. The molecule has 0 spiro atoms. The van der Waals surface area contributed by atoms with Gasteiger partial charge >= 0.3 is 0 Å². The Morgan fingerprint density at radius 3 is 2.88 bits per heavy atom. The lowest BCUT2D eigenvalue weighted by atomic mass is 10.1. The number of hydrogen-bond acceptors (Lipinski definition) is 4. The second-order valence-electron chi connectivity index (χ2n) is 5.30. The summed E-state index contributed by atoms with van der Waals surface area (Å²) in [5.41, 5.74) is 0. The highest BCUT2D eigenvalue weighted by atomic mass is 32.2. The van der Waals surface area contributed by atoms with E-state index in [1.54, 1.807) is 0 Å². The average molecular weight is 260 g/mol. The van der Waals surface area contributed by atoms with Gasteiger partial charge in [-0.25, -0.2) is 8.42 Å². The van der Waals surface area contributed by atoms with Gasteiger partial charge < -0.3 is 5.32 Å². The molecule has 0 aromatic heterocycles. The Labute approximate surface area is 105 Å². The first-order valence-corrected chi connectivity index (χ1v) is 8.62. The molecule has 0 amide bonds. The van der Waals surface area contributed by atoms with Gasteiger partial charge in [0.2, 0.25) is 0 Å². The summed E-state index contributed by atoms with van der Waals surface area (Å²) in [6, 6.07) is 0.392. The number of fused-ring (bicyclic) bond motifs is 1. The molecule has 2 aliphatic heterocycles. The van der Waals surface area contributed by atoms with E-state index in [-0.39, 0.29) is 12.1 Å². The number of sulfone groups is 1. The van der Waals surface area contributed by atoms with Gasteiger partial charge in [0.15, 0.2) is 9.84 Å². The van der Waals surface area contributed by atoms with Gasteiger partial charge in [-0.15, -0.1) is 0 Å². The van der Waals surface area contributed by atoms with Gasteiger partial charge in [-0.2, -0.15) is 0 Å². The predicted molar refractivity (Wildman–Crippen MR) is 69.9 cm³/mol. The molecular weight excluding hydrogens is 236 g/mol. The van der Waals surface area contributed by atoms with Crippen LogP contribution in [-0.4, -0.2) is 56.5 Å². The fraction of sp³-hybridized carbons (Fsp3) is 1.00. The Hall–Kier alpha value is -0.130. The lowest BCUT2D eigenvalue weighted by Gasteiger charge is -2.29. The highest BCUT2D eigenvalue weighted by molar-refractivity contribution is 7.91. The van der Waals surface area contributed by atoms with Crippen LogP contribution in [0.1, 0.15) is 32.6 Å². The summed E-state index contributed by atoms with van der Waals surface area (Å²) >= 11 is 0. The van der Waals surface area contributed by atoms with E-state index in [2.05, 4.69) is 17.1 Å². The number of unbranched alkanes of at least 4 members (excludes halogenated alkanes) is 2. The zero-order valence-electron chi connectivity index (χ0n) is 10.7. The second kappa shape index (κ2) is 5.67. The van der Waals surface area contributed by atoms with Crippen LogP contribution in [0.2, 0.25) is 0 Å². The molecule has 0 aliphatic carbocycles. The molecule has 2 saturated heterocycles. The number of nitrogens with one attached hydrogen (secondary N) is 1. The topological polar surface area (TPSA) is 49.4 Å². The van der Waals surface area contributed by atoms with E-state index in [0.29, 0.717) is 11.5 Å². The molecule has 4 nitrogen and oxygen atoms in total. The Bertz CT molecular complexity index is 342. The number of hydrogen-bond donors (Lipinski definition) is 1. The minimum atomic E-state index is -2.81. The van der Waals surface area contributed by atoms with Crippen LogP contribution in [-0.2, 0) is 9.84 Å². The molecule has 2 aliphatic rings. The van der Waals surface area contributed by atoms with Crippen LogP contribution in [0, 0.1) is 0 Å². The molecule has 0 bridgehead atoms. The fourth-order valence-electron chi connectivity index (χ4n) is 2.96. The summed E-state index contributed by atoms with van der Waals surface area (Å²) in [6.45, 7) is 5.27. The van der Waals surface area contributed by atoms with Crippen LogP contribution in [0.15, 0.2) is 0 Å². The first kappa shape index (κ1) is 13.3. The fourth-order valence-corrected chi connectivity index (χ4v) is 4.95. The van der Waals surface area contributed by atoms with Gasteiger partial charge in [0.1, 0.15) is 0 Å². The van der Waals surface area contributed by atoms with Gasteiger partial charge in [0.25, 0.3) is 0 Å². The summed E-state index contributed by atoms with van der Waals surface area (Å²) in [4.78, 5) is 2.41. The third kappa shape index (κ3) is 3.42. The van der Waals surface area contributed by atoms with Crippen LogP contribution in [0.5, 0.6) is 0 Å². The van der Waals surface area contributed by atoms with Crippen LogP contribution in [0.25, 0.3) is 0 Å². The maximum Gasteiger partial charge on any atom is 0.153 e. The maximum absolute atomic E-state index is 11.7. The minimum absolute atomic E-state index is 0.170. The minimum Gasteiger partial charge on any atom is -0.311 e. The molecule has 0 radical (unpaired) electrons. The Balaban J connectivity index is 1.99. The lowest BCUT2D eigenvalue weighted by Crippen LogP contribution is -2.47. The van der Waals surface area contributed by atoms with Crippen molar-refractivity contribution >= 4 is 9.84 Å². The van der Waals surface area contributed by atoms with E-state index in [4.69, 9.17) is 0 Å². The van der Waals surface area contributed by atoms with Crippen molar-refractivity contribution in [2.75, 3.05) is 31.1 Å². The van der Waals surface area contributed by atoms with Crippen molar-refractivity contribution in [2.24, 2.45) is 0 Å². The highest BCUT2D eigenvalue weighted by Gasteiger charge is 2.41. The smallest absolute Gasteiger partial charge is 0.153 e. The summed E-state index contributed by atoms with van der Waals surface area (Å²) in [7, 11) is -2.81. The zero-order chi connectivity index (χ0) is 12.3. The summed E-state index contributed by atoms with van der Waals surface area (Å²) < 4.78 is 23.4. The van der Waals surface area contributed by atoms with E-state index in [9.17, 15) is 8.42 Å². The van der Waals surface area contributed by atoms with Crippen molar-refractivity contribution in [3.8, 4) is 0 Å². The van der Waals surface area contributed by atoms with E-state index < -0.39 is 9.84 Å². The van der Waals surface area contributed by atoms with Gasteiger partial charge in [-0.05, 0) is 32.5 Å². The SMILES string of the molecule is CCCCCN1CCCNC2CS(=O)(=O)CC21. The summed E-state index contributed by atoms with van der Waals surface area (Å²) in [5, 5.41) is 3.40. The van der Waals surface area contributed by atoms with Crippen molar-refractivity contribution in [1.82, 2.24) is 10.2 Å². The van der Waals surface area contributed by atoms with Crippen molar-refractivity contribution in [3.63, 3.8) is 0 Å². The summed E-state index contributed by atoms with van der Waals surface area (Å²) in [6.07, 6.45) is 4.80. The Kier molecular flexibility index (Phi) is 4.44. The molecular formula is C12H24N2O2S. The van der Waals surface area contributed by atoms with Gasteiger partial charge in [0.05, 0.1) is 11.5 Å². The molecule has 2 heterocycles. The molecule has 5 heteroatoms. The molecule has 17 heavy (non-hydrogen) atoms. The third-order valence-corrected chi connectivity index (χ3v) is 5.59. The van der Waals surface area contributed by atoms with Crippen LogP contribution < -0.4 is 5.32 Å². The van der Waals surface area contributed by atoms with Crippen molar-refractivity contribution in [1.29, 1.82) is 0 Å². The average Bonchev–Trinajstić information content (AvgIpc) is 2.46. The zero-order valence-corrected chi connectivity index (χ0v) is 11.5. The largest absolute Gasteiger partial charge is 0.311 e. The monoisotopic (exact) mass is 260 g/mol. The molecule has 2 fully saturated rings. The Morgan fingerprint density at radius 1 is 1.29 bits per heavy atom. The lowest BCUT2D eigenvalue weighted by molar-refractivity contribution is 0.203. The maximum atomic E-state index is 11.7. The predicted octanol–water partition coefficient (Wildman–Crippen LogP) is 0.638. The van der Waals surface area contributed by atoms with Gasteiger partial charge in [-0.3, -0.25) is 4.90 Å². The highest BCUT2D eigenvalue weighted by Crippen LogP contribution is 2.21. The number of nitrogens with zero attached hydrogens (tertiary/aromatic N) is 1. The molecule has 2 atom stereocenters. The van der Waals surface area contributed by atoms with Crippen molar-refractivity contribution < 1.29 is 8.42 Å². The molecule has 2 unspecified atom stereocenters. The Morgan fingerprint density at radius 2 is 2.12 bits per heavy atom. The molecule has 1 N–H and O–H groups in total. The molecule has 0 aromatic carbocycles. The van der Waals surface area contributed by atoms with Crippen LogP contribution in [0.4, 0.5) is 0 Å². The third-order valence-electron chi connectivity index (χ3n) is 3.87. The quantitative estimate of drug-likeness (QED) is 0.754. The first-order valence-electron chi connectivity index (χ1n) is 6.80. The molecule has 2 rings (SSSR count). The van der Waals surface area contributed by atoms with E-state index in [1.807, 2.05) is 0 Å². The van der Waals surface area contributed by atoms with Gasteiger partial charge in [0, 0.05) is 12.1 Å². The normalized spacial score (nSPS) is 33.2. The van der Waals surface area contributed by atoms with Crippen molar-refractivity contribution in [3.05, 3.63) is 0 Å². The van der Waals surface area contributed by atoms with Gasteiger partial charge in [-0.1, -0.05) is 19.8 Å².